The molecule has 138 valence electrons. The molecule has 0 radical (unpaired) electrons. The van der Waals surface area contributed by atoms with Crippen LogP contribution in [0.15, 0.2) is 47.1 Å². The van der Waals surface area contributed by atoms with Crippen LogP contribution < -0.4 is 20.9 Å². The molecule has 0 saturated carbocycles. The summed E-state index contributed by atoms with van der Waals surface area (Å²) in [6.45, 7) is 0.186. The van der Waals surface area contributed by atoms with Crippen LogP contribution in [0.4, 0.5) is 10.5 Å². The lowest BCUT2D eigenvalue weighted by atomic mass is 10.3. The Labute approximate surface area is 155 Å². The minimum Gasteiger partial charge on any atom is -0.467 e. The van der Waals surface area contributed by atoms with Gasteiger partial charge in [0.25, 0.3) is 11.8 Å². The second kappa shape index (κ2) is 9.59. The Bertz CT molecular complexity index is 764. The number of urea groups is 1. The molecule has 2 rings (SSSR count). The van der Waals surface area contributed by atoms with Crippen molar-refractivity contribution >= 4 is 35.1 Å². The molecule has 1 aromatic carbocycles. The molecule has 0 fully saturated rings. The molecule has 1 atom stereocenters. The van der Waals surface area contributed by atoms with Crippen LogP contribution >= 0.6 is 11.6 Å². The topological polar surface area (TPSA) is 105 Å². The van der Waals surface area contributed by atoms with Crippen LogP contribution in [0.2, 0.25) is 5.02 Å². The maximum absolute atomic E-state index is 12.0. The number of amides is 4. The summed E-state index contributed by atoms with van der Waals surface area (Å²) >= 11 is 5.98. The van der Waals surface area contributed by atoms with E-state index in [4.69, 9.17) is 16.0 Å². The zero-order valence-electron chi connectivity index (χ0n) is 14.2. The van der Waals surface area contributed by atoms with E-state index in [0.29, 0.717) is 21.4 Å². The second-order valence-corrected chi connectivity index (χ2v) is 6.06. The molecule has 2 aromatic rings. The Balaban J connectivity index is 1.70. The van der Waals surface area contributed by atoms with Crippen LogP contribution in [0.1, 0.15) is 5.76 Å². The molecule has 4 amide bonds. The van der Waals surface area contributed by atoms with E-state index in [1.165, 1.54) is 6.26 Å². The number of nitrogens with one attached hydrogen (secondary N) is 4. The Hall–Kier alpha value is -2.84. The van der Waals surface area contributed by atoms with Gasteiger partial charge in [-0.1, -0.05) is 23.7 Å². The van der Waals surface area contributed by atoms with Crippen molar-refractivity contribution in [1.29, 1.82) is 0 Å². The number of imide groups is 1. The maximum Gasteiger partial charge on any atom is 0.321 e. The normalized spacial score (nSPS) is 11.5. The van der Waals surface area contributed by atoms with E-state index in [-0.39, 0.29) is 25.5 Å². The number of hydrogen-bond donors (Lipinski definition) is 4. The first-order chi connectivity index (χ1) is 12.4. The van der Waals surface area contributed by atoms with Crippen LogP contribution in [0.3, 0.4) is 0 Å². The van der Waals surface area contributed by atoms with Gasteiger partial charge in [0.05, 0.1) is 30.6 Å². The largest absolute Gasteiger partial charge is 0.467 e. The summed E-state index contributed by atoms with van der Waals surface area (Å²) in [7, 11) is 1.67. The van der Waals surface area contributed by atoms with Crippen molar-refractivity contribution in [3.05, 3.63) is 53.4 Å². The summed E-state index contributed by atoms with van der Waals surface area (Å²) in [6, 6.07) is 9.65. The van der Waals surface area contributed by atoms with Gasteiger partial charge in [-0.25, -0.2) is 4.79 Å². The monoisotopic (exact) mass is 379 g/mol. The Morgan fingerprint density at radius 1 is 1.08 bits per heavy atom. The van der Waals surface area contributed by atoms with Gasteiger partial charge >= 0.3 is 6.03 Å². The van der Waals surface area contributed by atoms with Gasteiger partial charge in [0.2, 0.25) is 0 Å². The van der Waals surface area contributed by atoms with E-state index in [1.807, 2.05) is 0 Å². The third kappa shape index (κ3) is 6.58. The highest BCUT2D eigenvalue weighted by Crippen LogP contribution is 2.19. The van der Waals surface area contributed by atoms with Crippen molar-refractivity contribution in [3.63, 3.8) is 0 Å². The minimum absolute atomic E-state index is 0.0376. The van der Waals surface area contributed by atoms with Gasteiger partial charge in [0.1, 0.15) is 5.76 Å². The average molecular weight is 380 g/mol. The lowest BCUT2D eigenvalue weighted by Gasteiger charge is -2.14. The number of benzene rings is 1. The van der Waals surface area contributed by atoms with Crippen LogP contribution in [-0.2, 0) is 16.1 Å². The molecule has 1 aromatic heterocycles. The molecule has 1 heterocycles. The summed E-state index contributed by atoms with van der Waals surface area (Å²) in [4.78, 5) is 36.1. The number of anilines is 1. The fourth-order valence-electron chi connectivity index (χ4n) is 2.16. The molecular formula is C17H20ClN4O4+. The van der Waals surface area contributed by atoms with Crippen LogP contribution in [-0.4, -0.2) is 38.0 Å². The van der Waals surface area contributed by atoms with Gasteiger partial charge in [-0.2, -0.15) is 0 Å². The number of carbonyl (C=O) groups is 3. The summed E-state index contributed by atoms with van der Waals surface area (Å²) in [5.41, 5.74) is 0.508. The molecule has 0 spiro atoms. The fraction of sp³-hybridized carbons (Fsp3) is 0.235. The molecule has 0 bridgehead atoms. The van der Waals surface area contributed by atoms with E-state index < -0.39 is 11.9 Å². The molecule has 0 saturated heterocycles. The number of furan rings is 1. The molecule has 0 aliphatic heterocycles. The zero-order chi connectivity index (χ0) is 18.9. The quantitative estimate of drug-likeness (QED) is 0.559. The first-order valence-electron chi connectivity index (χ1n) is 7.90. The molecule has 26 heavy (non-hydrogen) atoms. The predicted octanol–water partition coefficient (Wildman–Crippen LogP) is 0.412. The standard InChI is InChI=1S/C17H19ClN4O4/c1-22(10-15(23)20-14-7-3-2-6-13(14)18)11-16(24)21-17(25)19-9-12-5-4-8-26-12/h2-8H,9-11H2,1H3,(H,20,23)(H2,19,21,24,25)/p+1. The summed E-state index contributed by atoms with van der Waals surface area (Å²) in [6.07, 6.45) is 1.49. The van der Waals surface area contributed by atoms with Gasteiger partial charge < -0.3 is 20.0 Å². The summed E-state index contributed by atoms with van der Waals surface area (Å²) in [5, 5.41) is 7.81. The van der Waals surface area contributed by atoms with Crippen LogP contribution in [0, 0.1) is 0 Å². The fourth-order valence-corrected chi connectivity index (χ4v) is 2.35. The van der Waals surface area contributed by atoms with E-state index in [9.17, 15) is 14.4 Å². The highest BCUT2D eigenvalue weighted by atomic mass is 35.5. The van der Waals surface area contributed by atoms with Crippen LogP contribution in [0.25, 0.3) is 0 Å². The highest BCUT2D eigenvalue weighted by molar-refractivity contribution is 6.33. The number of carbonyl (C=O) groups excluding carboxylic acids is 3. The maximum atomic E-state index is 12.0. The van der Waals surface area contributed by atoms with Crippen molar-refractivity contribution in [2.24, 2.45) is 0 Å². The van der Waals surface area contributed by atoms with Crippen LogP contribution in [0.5, 0.6) is 0 Å². The van der Waals surface area contributed by atoms with Crippen molar-refractivity contribution in [1.82, 2.24) is 10.6 Å². The highest BCUT2D eigenvalue weighted by Gasteiger charge is 2.16. The van der Waals surface area contributed by atoms with Gasteiger partial charge in [0.15, 0.2) is 13.1 Å². The van der Waals surface area contributed by atoms with E-state index in [0.717, 1.165) is 0 Å². The number of rotatable bonds is 7. The lowest BCUT2D eigenvalue weighted by Crippen LogP contribution is -3.11. The van der Waals surface area contributed by atoms with E-state index in [2.05, 4.69) is 16.0 Å². The molecule has 1 unspecified atom stereocenters. The molecule has 0 aliphatic rings. The van der Waals surface area contributed by atoms with E-state index in [1.54, 1.807) is 43.4 Å². The third-order valence-electron chi connectivity index (χ3n) is 3.33. The summed E-state index contributed by atoms with van der Waals surface area (Å²) < 4.78 is 5.07. The molecule has 4 N–H and O–H groups in total. The Morgan fingerprint density at radius 3 is 2.50 bits per heavy atom. The van der Waals surface area contributed by atoms with Crippen molar-refractivity contribution in [2.45, 2.75) is 6.54 Å². The average Bonchev–Trinajstić information content (AvgIpc) is 3.08. The first-order valence-corrected chi connectivity index (χ1v) is 8.27. The molecular weight excluding hydrogens is 360 g/mol. The molecule has 9 heteroatoms. The lowest BCUT2D eigenvalue weighted by molar-refractivity contribution is -0.862. The van der Waals surface area contributed by atoms with Gasteiger partial charge in [-0.05, 0) is 24.3 Å². The Morgan fingerprint density at radius 2 is 1.81 bits per heavy atom. The van der Waals surface area contributed by atoms with Gasteiger partial charge in [-0.3, -0.25) is 14.9 Å². The number of hydrogen-bond acceptors (Lipinski definition) is 4. The van der Waals surface area contributed by atoms with Gasteiger partial charge in [-0.15, -0.1) is 0 Å². The van der Waals surface area contributed by atoms with Crippen molar-refractivity contribution in [3.8, 4) is 0 Å². The first kappa shape index (κ1) is 19.5. The smallest absolute Gasteiger partial charge is 0.321 e. The van der Waals surface area contributed by atoms with Crippen molar-refractivity contribution in [2.75, 3.05) is 25.5 Å². The third-order valence-corrected chi connectivity index (χ3v) is 3.66. The van der Waals surface area contributed by atoms with E-state index >= 15 is 0 Å². The van der Waals surface area contributed by atoms with Gasteiger partial charge in [0, 0.05) is 0 Å². The predicted molar refractivity (Wildman–Crippen MR) is 95.8 cm³/mol. The minimum atomic E-state index is -0.625. The second-order valence-electron chi connectivity index (χ2n) is 5.65. The number of likely N-dealkylation sites (N-methyl/N-ethyl adjacent to an activating group) is 1. The number of quaternary nitrogens is 1. The number of halogens is 1. The summed E-state index contributed by atoms with van der Waals surface area (Å²) in [5.74, 6) is -0.206. The molecule has 0 aliphatic carbocycles. The van der Waals surface area contributed by atoms with Crippen molar-refractivity contribution < 1.29 is 23.7 Å². The number of para-hydroxylation sites is 1. The Kier molecular flexibility index (Phi) is 7.19. The molecule has 8 nitrogen and oxygen atoms in total. The SMILES string of the molecule is C[NH+](CC(=O)NC(=O)NCc1ccco1)CC(=O)Nc1ccccc1Cl. The zero-order valence-corrected chi connectivity index (χ0v) is 14.9.